The molecule has 7 heteroatoms. The van der Waals surface area contributed by atoms with E-state index in [2.05, 4.69) is 34.0 Å². The summed E-state index contributed by atoms with van der Waals surface area (Å²) in [6.07, 6.45) is 5.76. The molecule has 10 atom stereocenters. The lowest BCUT2D eigenvalue weighted by atomic mass is 9.46. The highest BCUT2D eigenvalue weighted by Crippen LogP contribution is 2.83. The molecule has 0 amide bonds. The van der Waals surface area contributed by atoms with E-state index in [1.807, 2.05) is 0 Å². The molecule has 4 heterocycles. The van der Waals surface area contributed by atoms with Crippen LogP contribution in [0.3, 0.4) is 0 Å². The Morgan fingerprint density at radius 3 is 2.74 bits per heavy atom. The SMILES string of the molecule is CCC(OC1[C@@]2(C(C)C)O[C@H]2[C@@H]2O[C@]23[C@]12OC2C[C@H]1C2=C(CC[C@@]13C)C(=O)OC2)SC. The minimum atomic E-state index is -0.440. The highest BCUT2D eigenvalue weighted by Gasteiger charge is 3.00. The number of cyclic esters (lactones) is 1. The summed E-state index contributed by atoms with van der Waals surface area (Å²) in [5.74, 6) is 0.480. The van der Waals surface area contributed by atoms with E-state index in [1.54, 1.807) is 11.8 Å². The summed E-state index contributed by atoms with van der Waals surface area (Å²) in [5, 5.41) is 0. The van der Waals surface area contributed by atoms with E-state index in [0.717, 1.165) is 31.3 Å². The Morgan fingerprint density at radius 2 is 2.03 bits per heavy atom. The first-order chi connectivity index (χ1) is 14.8. The Hall–Kier alpha value is -0.600. The fraction of sp³-hybridized carbons (Fsp3) is 0.875. The average Bonchev–Trinajstić information content (AvgIpc) is 3.64. The van der Waals surface area contributed by atoms with E-state index in [9.17, 15) is 4.79 Å². The molecule has 0 aromatic heterocycles. The highest BCUT2D eigenvalue weighted by atomic mass is 32.2. The van der Waals surface area contributed by atoms with Crippen LogP contribution in [-0.2, 0) is 28.5 Å². The van der Waals surface area contributed by atoms with Crippen LogP contribution in [0.25, 0.3) is 0 Å². The van der Waals surface area contributed by atoms with Crippen molar-refractivity contribution < 1.29 is 28.5 Å². The number of hydrogen-bond donors (Lipinski definition) is 0. The quantitative estimate of drug-likeness (QED) is 0.363. The molecule has 4 aliphatic heterocycles. The fourth-order valence-corrected chi connectivity index (χ4v) is 8.90. The van der Waals surface area contributed by atoms with Gasteiger partial charge in [-0.3, -0.25) is 0 Å². The van der Waals surface area contributed by atoms with Crippen LogP contribution in [0.1, 0.15) is 53.4 Å². The molecule has 3 saturated heterocycles. The predicted octanol–water partition coefficient (Wildman–Crippen LogP) is 3.23. The van der Waals surface area contributed by atoms with Crippen LogP contribution >= 0.6 is 11.8 Å². The topological polar surface area (TPSA) is 73.1 Å². The van der Waals surface area contributed by atoms with Crippen LogP contribution in [-0.4, -0.2) is 65.5 Å². The summed E-state index contributed by atoms with van der Waals surface area (Å²) in [6, 6.07) is 0. The maximum absolute atomic E-state index is 12.3. The van der Waals surface area contributed by atoms with Crippen LogP contribution in [0.4, 0.5) is 0 Å². The van der Waals surface area contributed by atoms with Gasteiger partial charge in [0.2, 0.25) is 0 Å². The highest BCUT2D eigenvalue weighted by molar-refractivity contribution is 7.99. The molecular weight excluding hydrogens is 416 g/mol. The van der Waals surface area contributed by atoms with Gasteiger partial charge >= 0.3 is 5.97 Å². The minimum Gasteiger partial charge on any atom is -0.458 e. The molecule has 3 aliphatic carbocycles. The van der Waals surface area contributed by atoms with Gasteiger partial charge in [0, 0.05) is 11.0 Å². The van der Waals surface area contributed by atoms with Gasteiger partial charge < -0.3 is 23.7 Å². The van der Waals surface area contributed by atoms with Gasteiger partial charge in [-0.15, -0.1) is 11.8 Å². The number of hydrogen-bond acceptors (Lipinski definition) is 7. The van der Waals surface area contributed by atoms with Gasteiger partial charge in [-0.05, 0) is 49.3 Å². The predicted molar refractivity (Wildman–Crippen MR) is 114 cm³/mol. The number of esters is 1. The van der Waals surface area contributed by atoms with Crippen molar-refractivity contribution in [3.8, 4) is 0 Å². The minimum absolute atomic E-state index is 0.0575. The molecule has 0 N–H and O–H groups in total. The van der Waals surface area contributed by atoms with Crippen molar-refractivity contribution in [3.05, 3.63) is 11.1 Å². The molecule has 170 valence electrons. The molecule has 0 aromatic carbocycles. The second-order valence-electron chi connectivity index (χ2n) is 11.1. The Labute approximate surface area is 187 Å². The fourth-order valence-electron chi connectivity index (χ4n) is 8.34. The summed E-state index contributed by atoms with van der Waals surface area (Å²) in [5.41, 5.74) is 0.984. The second-order valence-corrected chi connectivity index (χ2v) is 12.1. The summed E-state index contributed by atoms with van der Waals surface area (Å²) < 4.78 is 32.4. The number of fused-ring (bicyclic) bond motifs is 4. The van der Waals surface area contributed by atoms with Crippen LogP contribution in [0.15, 0.2) is 11.1 Å². The Balaban J connectivity index is 1.35. The molecule has 6 nitrogen and oxygen atoms in total. The van der Waals surface area contributed by atoms with E-state index >= 15 is 0 Å². The lowest BCUT2D eigenvalue weighted by Crippen LogP contribution is -2.70. The first kappa shape index (κ1) is 19.8. The standard InChI is InChI=1S/C24H32O6S/c1-6-16(31-5)27-20-22(11(2)3)17(29-22)18-24(30-18)21(4)8-7-12-13(10-26-19(12)25)14(21)9-15-23(20,24)28-15/h11,14-18,20H,6-10H2,1-5H3/t14-,15?,16?,17-,18-,20?,21-,22-,23+,24+/m0/s1. The van der Waals surface area contributed by atoms with Crippen molar-refractivity contribution in [3.63, 3.8) is 0 Å². The van der Waals surface area contributed by atoms with E-state index in [4.69, 9.17) is 23.7 Å². The van der Waals surface area contributed by atoms with Crippen LogP contribution in [0, 0.1) is 17.3 Å². The third-order valence-electron chi connectivity index (χ3n) is 9.95. The van der Waals surface area contributed by atoms with Crippen LogP contribution < -0.4 is 0 Å². The van der Waals surface area contributed by atoms with Gasteiger partial charge in [-0.2, -0.15) is 0 Å². The van der Waals surface area contributed by atoms with E-state index in [1.165, 1.54) is 5.57 Å². The third-order valence-corrected chi connectivity index (χ3v) is 10.9. The van der Waals surface area contributed by atoms with Gasteiger partial charge in [0.05, 0.1) is 6.10 Å². The monoisotopic (exact) mass is 448 g/mol. The van der Waals surface area contributed by atoms with E-state index < -0.39 is 11.2 Å². The summed E-state index contributed by atoms with van der Waals surface area (Å²) in [4.78, 5) is 12.3. The number of rotatable bonds is 5. The largest absolute Gasteiger partial charge is 0.458 e. The second kappa shape index (κ2) is 5.72. The zero-order valence-corrected chi connectivity index (χ0v) is 19.8. The molecule has 0 bridgehead atoms. The van der Waals surface area contributed by atoms with Gasteiger partial charge in [0.1, 0.15) is 41.6 Å². The van der Waals surface area contributed by atoms with Gasteiger partial charge in [-0.1, -0.05) is 27.7 Å². The van der Waals surface area contributed by atoms with Gasteiger partial charge in [0.25, 0.3) is 0 Å². The van der Waals surface area contributed by atoms with Gasteiger partial charge in [-0.25, -0.2) is 4.79 Å². The molecule has 2 spiro atoms. The van der Waals surface area contributed by atoms with Crippen molar-refractivity contribution in [2.75, 3.05) is 12.9 Å². The Bertz CT molecular complexity index is 914. The molecule has 0 aromatic rings. The maximum atomic E-state index is 12.3. The number of epoxide rings is 3. The van der Waals surface area contributed by atoms with Crippen molar-refractivity contribution in [1.82, 2.24) is 0 Å². The van der Waals surface area contributed by atoms with Crippen molar-refractivity contribution in [2.45, 2.75) is 100 Å². The summed E-state index contributed by atoms with van der Waals surface area (Å²) in [7, 11) is 0. The number of carbonyl (C=O) groups is 1. The number of thioether (sulfide) groups is 1. The summed E-state index contributed by atoms with van der Waals surface area (Å²) >= 11 is 1.76. The van der Waals surface area contributed by atoms with Crippen molar-refractivity contribution in [1.29, 1.82) is 0 Å². The Morgan fingerprint density at radius 1 is 1.23 bits per heavy atom. The molecule has 2 saturated carbocycles. The molecule has 31 heavy (non-hydrogen) atoms. The maximum Gasteiger partial charge on any atom is 0.334 e. The summed E-state index contributed by atoms with van der Waals surface area (Å²) in [6.45, 7) is 9.47. The molecular formula is C24H32O6S. The zero-order chi connectivity index (χ0) is 21.6. The molecule has 3 unspecified atom stereocenters. The molecule has 5 fully saturated rings. The lowest BCUT2D eigenvalue weighted by Gasteiger charge is -2.54. The normalized spacial score (nSPS) is 55.9. The molecule has 7 rings (SSSR count). The average molecular weight is 449 g/mol. The van der Waals surface area contributed by atoms with Crippen LogP contribution in [0.5, 0.6) is 0 Å². The van der Waals surface area contributed by atoms with Gasteiger partial charge in [0.15, 0.2) is 5.60 Å². The van der Waals surface area contributed by atoms with Crippen molar-refractivity contribution >= 4 is 17.7 Å². The lowest BCUT2D eigenvalue weighted by molar-refractivity contribution is -0.136. The first-order valence-electron chi connectivity index (χ1n) is 11.9. The van der Waals surface area contributed by atoms with Crippen LogP contribution in [0.2, 0.25) is 0 Å². The van der Waals surface area contributed by atoms with E-state index in [0.29, 0.717) is 12.5 Å². The Kier molecular flexibility index (Phi) is 3.66. The van der Waals surface area contributed by atoms with Crippen molar-refractivity contribution in [2.24, 2.45) is 17.3 Å². The third kappa shape index (κ3) is 1.91. The number of ether oxygens (including phenoxy) is 5. The smallest absolute Gasteiger partial charge is 0.334 e. The molecule has 0 radical (unpaired) electrons. The zero-order valence-electron chi connectivity index (χ0n) is 18.9. The van der Waals surface area contributed by atoms with E-state index in [-0.39, 0.29) is 52.8 Å². The molecule has 7 aliphatic rings. The first-order valence-corrected chi connectivity index (χ1v) is 13.2. The number of carbonyl (C=O) groups excluding carboxylic acids is 1.